The van der Waals surface area contributed by atoms with Crippen molar-refractivity contribution in [1.29, 1.82) is 0 Å². The monoisotopic (exact) mass is 294 g/mol. The van der Waals surface area contributed by atoms with Crippen LogP contribution in [0.25, 0.3) is 22.3 Å². The van der Waals surface area contributed by atoms with Crippen molar-refractivity contribution in [1.82, 2.24) is 0 Å². The van der Waals surface area contributed by atoms with E-state index >= 15 is 0 Å². The molecule has 0 spiro atoms. The Kier molecular flexibility index (Phi) is 3.49. The molecule has 3 aromatic carbocycles. The summed E-state index contributed by atoms with van der Waals surface area (Å²) in [5.41, 5.74) is 5.76. The number of aryl methyl sites for hydroxylation is 2. The lowest BCUT2D eigenvalue weighted by atomic mass is 10.0. The van der Waals surface area contributed by atoms with Crippen LogP contribution in [0.2, 0.25) is 0 Å². The van der Waals surface area contributed by atoms with E-state index in [0.717, 1.165) is 27.8 Å². The summed E-state index contributed by atoms with van der Waals surface area (Å²) in [6.45, 7) is 4.08. The van der Waals surface area contributed by atoms with E-state index in [1.54, 1.807) is 20.3 Å². The first-order valence-electron chi connectivity index (χ1n) is 7.15. The van der Waals surface area contributed by atoms with Crippen molar-refractivity contribution in [3.05, 3.63) is 57.7 Å². The maximum Gasteiger partial charge on any atom is 0.195 e. The summed E-state index contributed by atoms with van der Waals surface area (Å²) in [5, 5.41) is 0. The molecule has 0 bridgehead atoms. The van der Waals surface area contributed by atoms with Crippen LogP contribution in [0, 0.1) is 13.8 Å². The van der Waals surface area contributed by atoms with Gasteiger partial charge in [0.2, 0.25) is 0 Å². The predicted molar refractivity (Wildman–Crippen MR) is 88.5 cm³/mol. The molecule has 0 amide bonds. The molecule has 0 aliphatic heterocycles. The first-order chi connectivity index (χ1) is 10.6. The van der Waals surface area contributed by atoms with Gasteiger partial charge in [0.25, 0.3) is 0 Å². The molecular formula is C19H18O3. The summed E-state index contributed by atoms with van der Waals surface area (Å²) < 4.78 is 10.6. The fraction of sp³-hybridized carbons (Fsp3) is 0.211. The molecule has 0 aliphatic rings. The van der Waals surface area contributed by atoms with Crippen LogP contribution in [0.1, 0.15) is 11.1 Å². The fourth-order valence-corrected chi connectivity index (χ4v) is 2.78. The first kappa shape index (κ1) is 14.4. The second-order valence-electron chi connectivity index (χ2n) is 5.46. The maximum atomic E-state index is 12.3. The molecule has 22 heavy (non-hydrogen) atoms. The second kappa shape index (κ2) is 5.34. The Bertz CT molecular complexity index is 852. The van der Waals surface area contributed by atoms with Crippen molar-refractivity contribution in [2.24, 2.45) is 0 Å². The molecule has 0 atom stereocenters. The topological polar surface area (TPSA) is 35.5 Å². The number of benzene rings is 2. The molecule has 0 fully saturated rings. The van der Waals surface area contributed by atoms with E-state index < -0.39 is 0 Å². The van der Waals surface area contributed by atoms with Gasteiger partial charge in [-0.15, -0.1) is 0 Å². The van der Waals surface area contributed by atoms with Gasteiger partial charge in [0, 0.05) is 22.8 Å². The molecule has 3 heteroatoms. The summed E-state index contributed by atoms with van der Waals surface area (Å²) >= 11 is 0. The van der Waals surface area contributed by atoms with E-state index in [1.807, 2.05) is 38.1 Å². The highest BCUT2D eigenvalue weighted by Crippen LogP contribution is 2.41. The molecule has 0 radical (unpaired) electrons. The lowest BCUT2D eigenvalue weighted by molar-refractivity contribution is 0.395. The molecule has 0 aromatic heterocycles. The van der Waals surface area contributed by atoms with Crippen molar-refractivity contribution in [3.8, 4) is 33.8 Å². The van der Waals surface area contributed by atoms with E-state index in [2.05, 4.69) is 6.07 Å². The predicted octanol–water partition coefficient (Wildman–Crippen LogP) is 3.89. The van der Waals surface area contributed by atoms with Crippen LogP contribution in [0.5, 0.6) is 11.5 Å². The molecular weight excluding hydrogens is 276 g/mol. The van der Waals surface area contributed by atoms with Gasteiger partial charge in [-0.05, 0) is 37.1 Å². The molecule has 112 valence electrons. The van der Waals surface area contributed by atoms with Gasteiger partial charge in [0.15, 0.2) is 5.43 Å². The van der Waals surface area contributed by atoms with Crippen LogP contribution in [0.4, 0.5) is 0 Å². The highest BCUT2D eigenvalue weighted by molar-refractivity contribution is 5.97. The van der Waals surface area contributed by atoms with Crippen LogP contribution in [-0.2, 0) is 0 Å². The fourth-order valence-electron chi connectivity index (χ4n) is 2.78. The third-order valence-corrected chi connectivity index (χ3v) is 3.97. The van der Waals surface area contributed by atoms with Crippen molar-refractivity contribution in [3.63, 3.8) is 0 Å². The zero-order valence-electron chi connectivity index (χ0n) is 13.2. The average molecular weight is 294 g/mol. The Hall–Kier alpha value is -2.55. The molecule has 0 N–H and O–H groups in total. The Morgan fingerprint density at radius 2 is 1.50 bits per heavy atom. The third-order valence-electron chi connectivity index (χ3n) is 3.97. The minimum absolute atomic E-state index is 0.0930. The highest BCUT2D eigenvalue weighted by Gasteiger charge is 2.28. The summed E-state index contributed by atoms with van der Waals surface area (Å²) in [5.74, 6) is 1.37. The molecule has 0 unspecified atom stereocenters. The SMILES string of the molecule is COc1ccc(-c2c(-c3ccc(C)cc3C)c2=O)c(OC)c1. The van der Waals surface area contributed by atoms with Crippen LogP contribution >= 0.6 is 0 Å². The summed E-state index contributed by atoms with van der Waals surface area (Å²) in [7, 11) is 3.21. The average Bonchev–Trinajstić information content (AvgIpc) is 3.17. The molecule has 0 saturated carbocycles. The van der Waals surface area contributed by atoms with Crippen molar-refractivity contribution >= 4 is 0 Å². The lowest BCUT2D eigenvalue weighted by Gasteiger charge is -2.07. The minimum atomic E-state index is 0.0930. The van der Waals surface area contributed by atoms with Gasteiger partial charge in [0.1, 0.15) is 11.5 Å². The summed E-state index contributed by atoms with van der Waals surface area (Å²) in [6.07, 6.45) is 0. The second-order valence-corrected chi connectivity index (χ2v) is 5.46. The van der Waals surface area contributed by atoms with Crippen molar-refractivity contribution in [2.45, 2.75) is 13.8 Å². The standard InChI is InChI=1S/C19H18O3/c1-11-5-7-14(12(2)9-11)17-18(19(17)20)15-8-6-13(21-3)10-16(15)22-4/h5-10H,1-4H3. The van der Waals surface area contributed by atoms with E-state index in [-0.39, 0.29) is 5.43 Å². The zero-order chi connectivity index (χ0) is 15.9. The van der Waals surface area contributed by atoms with Crippen LogP contribution < -0.4 is 14.9 Å². The largest absolute Gasteiger partial charge is 0.497 e. The Labute approximate surface area is 129 Å². The van der Waals surface area contributed by atoms with Gasteiger partial charge in [-0.3, -0.25) is 4.79 Å². The number of rotatable bonds is 4. The smallest absolute Gasteiger partial charge is 0.195 e. The summed E-state index contributed by atoms with van der Waals surface area (Å²) in [6, 6.07) is 11.7. The van der Waals surface area contributed by atoms with Gasteiger partial charge in [-0.1, -0.05) is 23.8 Å². The number of hydrogen-bond donors (Lipinski definition) is 0. The Morgan fingerprint density at radius 3 is 2.14 bits per heavy atom. The lowest BCUT2D eigenvalue weighted by Crippen LogP contribution is -1.89. The molecule has 0 aliphatic carbocycles. The number of hydrogen-bond acceptors (Lipinski definition) is 3. The van der Waals surface area contributed by atoms with Crippen LogP contribution in [-0.4, -0.2) is 14.2 Å². The van der Waals surface area contributed by atoms with E-state index in [1.165, 1.54) is 5.56 Å². The Balaban J connectivity index is 2.08. The van der Waals surface area contributed by atoms with Gasteiger partial charge < -0.3 is 9.47 Å². The molecule has 0 heterocycles. The van der Waals surface area contributed by atoms with Gasteiger partial charge >= 0.3 is 0 Å². The van der Waals surface area contributed by atoms with Crippen LogP contribution in [0.3, 0.4) is 0 Å². The van der Waals surface area contributed by atoms with E-state index in [4.69, 9.17) is 9.47 Å². The zero-order valence-corrected chi connectivity index (χ0v) is 13.2. The first-order valence-corrected chi connectivity index (χ1v) is 7.15. The quantitative estimate of drug-likeness (QED) is 0.732. The van der Waals surface area contributed by atoms with Crippen LogP contribution in [0.15, 0.2) is 41.2 Å². The molecule has 0 saturated heterocycles. The molecule has 3 rings (SSSR count). The highest BCUT2D eigenvalue weighted by atomic mass is 16.5. The van der Waals surface area contributed by atoms with Gasteiger partial charge in [-0.25, -0.2) is 0 Å². The van der Waals surface area contributed by atoms with Gasteiger partial charge in [0.05, 0.1) is 14.2 Å². The summed E-state index contributed by atoms with van der Waals surface area (Å²) in [4.78, 5) is 12.3. The normalized spacial score (nSPS) is 10.9. The van der Waals surface area contributed by atoms with Crippen molar-refractivity contribution < 1.29 is 9.47 Å². The third kappa shape index (κ3) is 2.29. The Morgan fingerprint density at radius 1 is 0.818 bits per heavy atom. The molecule has 3 nitrogen and oxygen atoms in total. The van der Waals surface area contributed by atoms with E-state index in [9.17, 15) is 4.79 Å². The van der Waals surface area contributed by atoms with Crippen molar-refractivity contribution in [2.75, 3.05) is 14.2 Å². The maximum absolute atomic E-state index is 12.3. The minimum Gasteiger partial charge on any atom is -0.497 e. The number of methoxy groups -OCH3 is 2. The van der Waals surface area contributed by atoms with E-state index in [0.29, 0.717) is 11.5 Å². The van der Waals surface area contributed by atoms with Gasteiger partial charge in [-0.2, -0.15) is 0 Å². The molecule has 3 aromatic rings. The number of ether oxygens (including phenoxy) is 2.